The van der Waals surface area contributed by atoms with Crippen molar-refractivity contribution < 1.29 is 9.53 Å². The van der Waals surface area contributed by atoms with Crippen LogP contribution in [0.4, 0.5) is 0 Å². The van der Waals surface area contributed by atoms with Gasteiger partial charge in [-0.15, -0.1) is 0 Å². The summed E-state index contributed by atoms with van der Waals surface area (Å²) >= 11 is 0. The van der Waals surface area contributed by atoms with Gasteiger partial charge in [-0.25, -0.2) is 0 Å². The number of carbonyl (C=O) groups excluding carboxylic acids is 1. The van der Waals surface area contributed by atoms with Gasteiger partial charge in [0, 0.05) is 30.7 Å². The summed E-state index contributed by atoms with van der Waals surface area (Å²) in [6.07, 6.45) is 4.72. The molecule has 5 nitrogen and oxygen atoms in total. The maximum atomic E-state index is 12.3. The van der Waals surface area contributed by atoms with Crippen LogP contribution in [0.5, 0.6) is 0 Å². The van der Waals surface area contributed by atoms with Gasteiger partial charge in [0.1, 0.15) is 0 Å². The number of aromatic nitrogens is 1. The van der Waals surface area contributed by atoms with Crippen LogP contribution in [-0.2, 0) is 4.74 Å². The summed E-state index contributed by atoms with van der Waals surface area (Å²) in [4.78, 5) is 14.6. The van der Waals surface area contributed by atoms with Crippen molar-refractivity contribution in [3.8, 4) is 0 Å². The molecule has 1 aromatic heterocycles. The van der Waals surface area contributed by atoms with Gasteiger partial charge in [0.2, 0.25) is 0 Å². The van der Waals surface area contributed by atoms with Crippen molar-refractivity contribution in [1.29, 1.82) is 0 Å². The summed E-state index contributed by atoms with van der Waals surface area (Å²) in [6.45, 7) is 2.67. The number of piperidine rings is 1. The minimum atomic E-state index is 0.118. The second-order valence-electron chi connectivity index (χ2n) is 6.47. The third kappa shape index (κ3) is 3.26. The van der Waals surface area contributed by atoms with Gasteiger partial charge in [0.25, 0.3) is 0 Å². The van der Waals surface area contributed by atoms with E-state index >= 15 is 0 Å². The Morgan fingerprint density at radius 3 is 2.78 bits per heavy atom. The molecule has 1 aliphatic rings. The zero-order valence-electron chi connectivity index (χ0n) is 13.9. The summed E-state index contributed by atoms with van der Waals surface area (Å²) in [7, 11) is 3.78. The van der Waals surface area contributed by atoms with E-state index in [9.17, 15) is 4.79 Å². The first-order chi connectivity index (χ1) is 11.1. The van der Waals surface area contributed by atoms with Crippen molar-refractivity contribution in [2.45, 2.75) is 25.2 Å². The van der Waals surface area contributed by atoms with Gasteiger partial charge in [-0.3, -0.25) is 9.47 Å². The van der Waals surface area contributed by atoms with Gasteiger partial charge in [-0.05, 0) is 62.7 Å². The highest BCUT2D eigenvalue weighted by Gasteiger charge is 2.22. The maximum absolute atomic E-state index is 12.3. The number of rotatable bonds is 5. The van der Waals surface area contributed by atoms with E-state index in [1.165, 1.54) is 5.56 Å². The zero-order chi connectivity index (χ0) is 16.4. The Labute approximate surface area is 137 Å². The van der Waals surface area contributed by atoms with E-state index in [-0.39, 0.29) is 5.78 Å². The molecule has 23 heavy (non-hydrogen) atoms. The van der Waals surface area contributed by atoms with Crippen LogP contribution in [0.2, 0.25) is 0 Å². The number of Topliss-reactive ketones (excluding diaryl/α,β-unsaturated/α-hetero) is 1. The fourth-order valence-electron chi connectivity index (χ4n) is 3.44. The lowest BCUT2D eigenvalue weighted by molar-refractivity contribution is 0.0932. The maximum Gasteiger partial charge on any atom is 0.165 e. The van der Waals surface area contributed by atoms with Crippen LogP contribution in [0.25, 0.3) is 10.9 Å². The number of methoxy groups -OCH3 is 1. The largest absolute Gasteiger partial charge is 0.384 e. The van der Waals surface area contributed by atoms with Crippen LogP contribution in [0.3, 0.4) is 0 Å². The Hall–Kier alpha value is -1.85. The number of hydrogen-bond donors (Lipinski definition) is 1. The van der Waals surface area contributed by atoms with Gasteiger partial charge in [-0.1, -0.05) is 0 Å². The average molecular weight is 315 g/mol. The lowest BCUT2D eigenvalue weighted by Gasteiger charge is -2.28. The predicted molar refractivity (Wildman–Crippen MR) is 92.4 cm³/mol. The number of hydrogen-bond acceptors (Lipinski definition) is 4. The van der Waals surface area contributed by atoms with Crippen LogP contribution in [0, 0.1) is 0 Å². The number of nitrogens with two attached hydrogens (primary N) is 1. The molecular weight excluding hydrogens is 290 g/mol. The van der Waals surface area contributed by atoms with Crippen molar-refractivity contribution in [1.82, 2.24) is 9.58 Å². The molecule has 0 radical (unpaired) electrons. The minimum Gasteiger partial charge on any atom is -0.384 e. The molecule has 0 unspecified atom stereocenters. The normalized spacial score (nSPS) is 17.0. The molecule has 0 bridgehead atoms. The molecule has 1 saturated heterocycles. The Morgan fingerprint density at radius 2 is 2.09 bits per heavy atom. The summed E-state index contributed by atoms with van der Waals surface area (Å²) in [5.74, 6) is 6.75. The quantitative estimate of drug-likeness (QED) is 0.680. The van der Waals surface area contributed by atoms with Gasteiger partial charge < -0.3 is 15.5 Å². The van der Waals surface area contributed by atoms with E-state index in [2.05, 4.69) is 11.9 Å². The molecule has 1 aliphatic heterocycles. The number of likely N-dealkylation sites (tertiary alicyclic amines) is 1. The third-order valence-electron chi connectivity index (χ3n) is 4.88. The summed E-state index contributed by atoms with van der Waals surface area (Å²) in [5.41, 5.74) is 3.01. The molecule has 0 atom stereocenters. The molecule has 3 rings (SSSR count). The highest BCUT2D eigenvalue weighted by atomic mass is 16.5. The fraction of sp³-hybridized carbons (Fsp3) is 0.500. The Balaban J connectivity index is 1.93. The van der Waals surface area contributed by atoms with Crippen molar-refractivity contribution in [3.05, 3.63) is 35.5 Å². The smallest absolute Gasteiger partial charge is 0.165 e. The second kappa shape index (κ2) is 6.72. The van der Waals surface area contributed by atoms with E-state index in [0.717, 1.165) is 42.4 Å². The number of ether oxygens (including phenoxy) is 1. The first kappa shape index (κ1) is 16.0. The molecule has 0 spiro atoms. The molecule has 2 aromatic rings. The molecule has 2 heterocycles. The van der Waals surface area contributed by atoms with Crippen LogP contribution in [0.15, 0.2) is 24.4 Å². The van der Waals surface area contributed by atoms with E-state index < -0.39 is 0 Å². The lowest BCUT2D eigenvalue weighted by Crippen LogP contribution is -2.29. The Morgan fingerprint density at radius 1 is 1.35 bits per heavy atom. The van der Waals surface area contributed by atoms with Crippen molar-refractivity contribution >= 4 is 16.7 Å². The SMILES string of the molecule is COCCC(=O)c1ccc2c(c1)c(C1CCN(C)CC1)cn2N. The summed E-state index contributed by atoms with van der Waals surface area (Å²) < 4.78 is 6.69. The average Bonchev–Trinajstić information content (AvgIpc) is 2.90. The topological polar surface area (TPSA) is 60.5 Å². The van der Waals surface area contributed by atoms with E-state index in [1.807, 2.05) is 24.4 Å². The second-order valence-corrected chi connectivity index (χ2v) is 6.47. The molecule has 124 valence electrons. The highest BCUT2D eigenvalue weighted by Crippen LogP contribution is 2.34. The zero-order valence-corrected chi connectivity index (χ0v) is 13.9. The van der Waals surface area contributed by atoms with Crippen LogP contribution >= 0.6 is 0 Å². The Bertz CT molecular complexity index is 700. The molecule has 0 saturated carbocycles. The molecule has 5 heteroatoms. The van der Waals surface area contributed by atoms with E-state index in [0.29, 0.717) is 18.9 Å². The molecular formula is C18H25N3O2. The summed E-state index contributed by atoms with van der Waals surface area (Å²) in [6, 6.07) is 5.82. The van der Waals surface area contributed by atoms with Gasteiger partial charge in [0.05, 0.1) is 12.1 Å². The number of benzene rings is 1. The fourth-order valence-corrected chi connectivity index (χ4v) is 3.44. The molecule has 1 aromatic carbocycles. The van der Waals surface area contributed by atoms with Crippen molar-refractivity contribution in [2.24, 2.45) is 0 Å². The Kier molecular flexibility index (Phi) is 4.68. The highest BCUT2D eigenvalue weighted by molar-refractivity contribution is 6.00. The molecule has 2 N–H and O–H groups in total. The van der Waals surface area contributed by atoms with E-state index in [4.69, 9.17) is 10.6 Å². The number of nitrogen functional groups attached to an aromatic ring is 1. The lowest BCUT2D eigenvalue weighted by atomic mass is 9.89. The molecule has 1 fully saturated rings. The number of ketones is 1. The van der Waals surface area contributed by atoms with E-state index in [1.54, 1.807) is 11.8 Å². The third-order valence-corrected chi connectivity index (χ3v) is 4.88. The molecule has 0 aliphatic carbocycles. The van der Waals surface area contributed by atoms with Crippen LogP contribution < -0.4 is 5.84 Å². The minimum absolute atomic E-state index is 0.118. The van der Waals surface area contributed by atoms with Gasteiger partial charge in [-0.2, -0.15) is 0 Å². The first-order valence-corrected chi connectivity index (χ1v) is 8.21. The monoisotopic (exact) mass is 315 g/mol. The molecule has 0 amide bonds. The number of fused-ring (bicyclic) bond motifs is 1. The van der Waals surface area contributed by atoms with Crippen LogP contribution in [0.1, 0.15) is 41.1 Å². The standard InChI is InChI=1S/C18H25N3O2/c1-20-8-5-13(6-9-20)16-12-21(19)17-4-3-14(11-15(16)17)18(22)7-10-23-2/h3-4,11-13H,5-10,19H2,1-2H3. The van der Waals surface area contributed by atoms with Crippen LogP contribution in [-0.4, -0.2) is 49.2 Å². The predicted octanol–water partition coefficient (Wildman–Crippen LogP) is 2.38. The van der Waals surface area contributed by atoms with Gasteiger partial charge >= 0.3 is 0 Å². The number of nitrogens with zero attached hydrogens (tertiary/aromatic N) is 2. The van der Waals surface area contributed by atoms with Crippen molar-refractivity contribution in [3.63, 3.8) is 0 Å². The summed E-state index contributed by atoms with van der Waals surface area (Å²) in [5, 5.41) is 1.12. The first-order valence-electron chi connectivity index (χ1n) is 8.21. The number of carbonyl (C=O) groups is 1. The van der Waals surface area contributed by atoms with Crippen molar-refractivity contribution in [2.75, 3.05) is 39.7 Å². The van der Waals surface area contributed by atoms with Gasteiger partial charge in [0.15, 0.2) is 5.78 Å².